The van der Waals surface area contributed by atoms with Gasteiger partial charge in [0.2, 0.25) is 0 Å². The van der Waals surface area contributed by atoms with E-state index in [1.54, 1.807) is 7.11 Å². The van der Waals surface area contributed by atoms with Crippen LogP contribution in [0, 0.1) is 6.92 Å². The smallest absolute Gasteiger partial charge is 0.134 e. The highest BCUT2D eigenvalue weighted by Crippen LogP contribution is 2.27. The second-order valence-electron chi connectivity index (χ2n) is 5.09. The van der Waals surface area contributed by atoms with Gasteiger partial charge in [-0.3, -0.25) is 0 Å². The third-order valence-electron chi connectivity index (χ3n) is 3.56. The van der Waals surface area contributed by atoms with E-state index in [1.165, 1.54) is 0 Å². The second kappa shape index (κ2) is 5.10. The number of piperidine rings is 1. The largest absolute Gasteiger partial charge is 0.377 e. The van der Waals surface area contributed by atoms with Crippen LogP contribution in [0.25, 0.3) is 0 Å². The molecule has 0 bridgehead atoms. The van der Waals surface area contributed by atoms with Crippen LogP contribution >= 0.6 is 0 Å². The molecule has 1 unspecified atom stereocenters. The Bertz CT molecular complexity index is 423. The molecule has 5 nitrogen and oxygen atoms in total. The molecule has 2 heterocycles. The molecule has 2 rings (SSSR count). The Kier molecular flexibility index (Phi) is 3.71. The summed E-state index contributed by atoms with van der Waals surface area (Å²) < 4.78 is 5.62. The van der Waals surface area contributed by atoms with Gasteiger partial charge in [0.05, 0.1) is 5.60 Å². The molecule has 1 saturated heterocycles. The van der Waals surface area contributed by atoms with Crippen molar-refractivity contribution in [1.29, 1.82) is 0 Å². The van der Waals surface area contributed by atoms with Crippen molar-refractivity contribution < 1.29 is 4.74 Å². The van der Waals surface area contributed by atoms with Gasteiger partial charge >= 0.3 is 0 Å². The molecule has 1 aromatic rings. The Morgan fingerprint density at radius 2 is 2.22 bits per heavy atom. The number of hydrogen-bond acceptors (Lipinski definition) is 5. The number of aryl methyl sites for hydroxylation is 1. The third kappa shape index (κ3) is 2.72. The van der Waals surface area contributed by atoms with E-state index in [0.717, 1.165) is 43.4 Å². The maximum Gasteiger partial charge on any atom is 0.134 e. The Balaban J connectivity index is 2.23. The van der Waals surface area contributed by atoms with E-state index in [0.29, 0.717) is 0 Å². The zero-order valence-corrected chi connectivity index (χ0v) is 11.7. The summed E-state index contributed by atoms with van der Waals surface area (Å²) >= 11 is 0. The summed E-state index contributed by atoms with van der Waals surface area (Å²) in [6.07, 6.45) is 2.23. The fourth-order valence-electron chi connectivity index (χ4n) is 2.41. The highest BCUT2D eigenvalue weighted by atomic mass is 16.5. The minimum atomic E-state index is -0.0725. The molecule has 18 heavy (non-hydrogen) atoms. The molecule has 5 heteroatoms. The molecule has 0 spiro atoms. The Morgan fingerprint density at radius 3 is 2.89 bits per heavy atom. The average molecular weight is 250 g/mol. The van der Waals surface area contributed by atoms with Gasteiger partial charge in [0, 0.05) is 33.3 Å². The van der Waals surface area contributed by atoms with Gasteiger partial charge in [-0.05, 0) is 26.7 Å². The first-order valence-electron chi connectivity index (χ1n) is 6.40. The molecule has 0 aliphatic carbocycles. The van der Waals surface area contributed by atoms with Crippen LogP contribution in [-0.2, 0) is 4.74 Å². The standard InChI is InChI=1S/C13H22N4O/c1-10-15-11(14-3)8-12(16-10)17-7-5-6-13(2,9-17)18-4/h8H,5-7,9H2,1-4H3,(H,14,15,16). The summed E-state index contributed by atoms with van der Waals surface area (Å²) in [6.45, 7) is 5.98. The summed E-state index contributed by atoms with van der Waals surface area (Å²) in [7, 11) is 3.66. The first-order chi connectivity index (χ1) is 8.56. The molecule has 100 valence electrons. The van der Waals surface area contributed by atoms with Crippen molar-refractivity contribution in [3.63, 3.8) is 0 Å². The number of hydrogen-bond donors (Lipinski definition) is 1. The number of aromatic nitrogens is 2. The van der Waals surface area contributed by atoms with Crippen LogP contribution in [0.5, 0.6) is 0 Å². The van der Waals surface area contributed by atoms with Gasteiger partial charge in [-0.2, -0.15) is 0 Å². The lowest BCUT2D eigenvalue weighted by Gasteiger charge is -2.40. The number of rotatable bonds is 3. The Morgan fingerprint density at radius 1 is 1.44 bits per heavy atom. The van der Waals surface area contributed by atoms with Crippen molar-refractivity contribution in [1.82, 2.24) is 9.97 Å². The molecule has 1 fully saturated rings. The lowest BCUT2D eigenvalue weighted by molar-refractivity contribution is -0.00482. The minimum absolute atomic E-state index is 0.0725. The third-order valence-corrected chi connectivity index (χ3v) is 3.56. The molecule has 1 aromatic heterocycles. The predicted octanol–water partition coefficient (Wildman–Crippen LogP) is 1.83. The number of methoxy groups -OCH3 is 1. The molecule has 1 aliphatic rings. The zero-order valence-electron chi connectivity index (χ0n) is 11.7. The van der Waals surface area contributed by atoms with Crippen LogP contribution in [0.15, 0.2) is 6.07 Å². The molecule has 0 saturated carbocycles. The molecule has 0 amide bonds. The normalized spacial score (nSPS) is 24.1. The monoisotopic (exact) mass is 250 g/mol. The molecule has 0 radical (unpaired) electrons. The predicted molar refractivity (Wildman–Crippen MR) is 73.2 cm³/mol. The highest BCUT2D eigenvalue weighted by Gasteiger charge is 2.31. The topological polar surface area (TPSA) is 50.3 Å². The van der Waals surface area contributed by atoms with E-state index < -0.39 is 0 Å². The number of nitrogens with zero attached hydrogens (tertiary/aromatic N) is 3. The van der Waals surface area contributed by atoms with Crippen molar-refractivity contribution in [3.05, 3.63) is 11.9 Å². The van der Waals surface area contributed by atoms with Crippen molar-refractivity contribution >= 4 is 11.6 Å². The van der Waals surface area contributed by atoms with Gasteiger partial charge in [-0.25, -0.2) is 9.97 Å². The fourth-order valence-corrected chi connectivity index (χ4v) is 2.41. The first kappa shape index (κ1) is 13.1. The van der Waals surface area contributed by atoms with Crippen LogP contribution in [-0.4, -0.2) is 42.8 Å². The average Bonchev–Trinajstić information content (AvgIpc) is 2.38. The lowest BCUT2D eigenvalue weighted by Crippen LogP contribution is -2.47. The van der Waals surface area contributed by atoms with E-state index in [2.05, 4.69) is 27.1 Å². The Hall–Kier alpha value is -1.36. The lowest BCUT2D eigenvalue weighted by atomic mass is 9.95. The van der Waals surface area contributed by atoms with Crippen molar-refractivity contribution in [2.75, 3.05) is 37.5 Å². The summed E-state index contributed by atoms with van der Waals surface area (Å²) in [6, 6.07) is 1.99. The SMILES string of the molecule is CNc1cc(N2CCCC(C)(OC)C2)nc(C)n1. The second-order valence-corrected chi connectivity index (χ2v) is 5.09. The van der Waals surface area contributed by atoms with Crippen LogP contribution in [0.1, 0.15) is 25.6 Å². The van der Waals surface area contributed by atoms with Crippen molar-refractivity contribution in [2.24, 2.45) is 0 Å². The highest BCUT2D eigenvalue weighted by molar-refractivity contribution is 5.49. The van der Waals surface area contributed by atoms with E-state index in [-0.39, 0.29) is 5.60 Å². The van der Waals surface area contributed by atoms with Crippen molar-refractivity contribution in [3.8, 4) is 0 Å². The van der Waals surface area contributed by atoms with Crippen LogP contribution in [0.2, 0.25) is 0 Å². The van der Waals surface area contributed by atoms with Gasteiger partial charge in [0.25, 0.3) is 0 Å². The maximum atomic E-state index is 5.62. The summed E-state index contributed by atoms with van der Waals surface area (Å²) in [5.74, 6) is 2.64. The summed E-state index contributed by atoms with van der Waals surface area (Å²) in [5, 5.41) is 3.07. The number of anilines is 2. The van der Waals surface area contributed by atoms with Gasteiger partial charge in [0.15, 0.2) is 0 Å². The zero-order chi connectivity index (χ0) is 13.2. The van der Waals surface area contributed by atoms with E-state index >= 15 is 0 Å². The minimum Gasteiger partial charge on any atom is -0.377 e. The number of nitrogens with one attached hydrogen (secondary N) is 1. The summed E-state index contributed by atoms with van der Waals surface area (Å²) in [4.78, 5) is 11.1. The quantitative estimate of drug-likeness (QED) is 0.887. The van der Waals surface area contributed by atoms with Crippen LogP contribution in [0.4, 0.5) is 11.6 Å². The van der Waals surface area contributed by atoms with Gasteiger partial charge in [-0.15, -0.1) is 0 Å². The van der Waals surface area contributed by atoms with Gasteiger partial charge in [0.1, 0.15) is 17.5 Å². The Labute approximate surface area is 109 Å². The van der Waals surface area contributed by atoms with Gasteiger partial charge in [-0.1, -0.05) is 0 Å². The van der Waals surface area contributed by atoms with E-state index in [1.807, 2.05) is 20.0 Å². The molecule has 1 atom stereocenters. The maximum absolute atomic E-state index is 5.62. The van der Waals surface area contributed by atoms with Crippen LogP contribution < -0.4 is 10.2 Å². The molecule has 0 aromatic carbocycles. The van der Waals surface area contributed by atoms with E-state index in [4.69, 9.17) is 4.74 Å². The van der Waals surface area contributed by atoms with E-state index in [9.17, 15) is 0 Å². The fraction of sp³-hybridized carbons (Fsp3) is 0.692. The molecule has 1 N–H and O–H groups in total. The molecular weight excluding hydrogens is 228 g/mol. The first-order valence-corrected chi connectivity index (χ1v) is 6.40. The molecule has 1 aliphatic heterocycles. The van der Waals surface area contributed by atoms with Gasteiger partial charge < -0.3 is 15.0 Å². The summed E-state index contributed by atoms with van der Waals surface area (Å²) in [5.41, 5.74) is -0.0725. The number of ether oxygens (including phenoxy) is 1. The molecular formula is C13H22N4O. The van der Waals surface area contributed by atoms with Crippen molar-refractivity contribution in [2.45, 2.75) is 32.3 Å². The van der Waals surface area contributed by atoms with Crippen LogP contribution in [0.3, 0.4) is 0 Å².